The molecular formula is C26H28N4O3. The molecule has 0 radical (unpaired) electrons. The van der Waals surface area contributed by atoms with E-state index in [0.717, 1.165) is 34.1 Å². The molecule has 1 aromatic heterocycles. The number of anilines is 1. The number of amides is 3. The monoisotopic (exact) mass is 444 g/mol. The number of rotatable bonds is 6. The lowest BCUT2D eigenvalue weighted by Gasteiger charge is -2.32. The molecule has 2 heterocycles. The first-order chi connectivity index (χ1) is 15.8. The average Bonchev–Trinajstić information content (AvgIpc) is 3.11. The second-order valence-corrected chi connectivity index (χ2v) is 8.68. The van der Waals surface area contributed by atoms with E-state index in [1.54, 1.807) is 23.9 Å². The summed E-state index contributed by atoms with van der Waals surface area (Å²) < 4.78 is 2.16. The average molecular weight is 445 g/mol. The van der Waals surface area contributed by atoms with Crippen LogP contribution in [0.1, 0.15) is 28.3 Å². The Kier molecular flexibility index (Phi) is 6.05. The van der Waals surface area contributed by atoms with Gasteiger partial charge in [0.25, 0.3) is 0 Å². The van der Waals surface area contributed by atoms with Crippen molar-refractivity contribution in [2.45, 2.75) is 25.9 Å². The molecule has 1 N–H and O–H groups in total. The summed E-state index contributed by atoms with van der Waals surface area (Å²) >= 11 is 0. The number of aryl methyl sites for hydroxylation is 1. The van der Waals surface area contributed by atoms with Crippen LogP contribution in [0.25, 0.3) is 10.9 Å². The van der Waals surface area contributed by atoms with Crippen LogP contribution in [0.5, 0.6) is 0 Å². The molecule has 0 bridgehead atoms. The van der Waals surface area contributed by atoms with Crippen LogP contribution in [0.2, 0.25) is 0 Å². The maximum Gasteiger partial charge on any atom is 0.247 e. The van der Waals surface area contributed by atoms with Crippen LogP contribution in [0, 0.1) is 6.92 Å². The number of carbonyl (C=O) groups is 3. The van der Waals surface area contributed by atoms with Gasteiger partial charge in [0.15, 0.2) is 0 Å². The Morgan fingerprint density at radius 2 is 1.91 bits per heavy atom. The molecule has 0 fully saturated rings. The minimum atomic E-state index is -0.454. The highest BCUT2D eigenvalue weighted by molar-refractivity contribution is 6.01. The third-order valence-corrected chi connectivity index (χ3v) is 6.14. The van der Waals surface area contributed by atoms with E-state index in [9.17, 15) is 14.4 Å². The molecule has 1 atom stereocenters. The van der Waals surface area contributed by atoms with Crippen molar-refractivity contribution in [1.82, 2.24) is 14.4 Å². The van der Waals surface area contributed by atoms with Gasteiger partial charge in [-0.25, -0.2) is 0 Å². The normalized spacial score (nSPS) is 15.1. The van der Waals surface area contributed by atoms with Gasteiger partial charge >= 0.3 is 0 Å². The Hall–Kier alpha value is -3.87. The van der Waals surface area contributed by atoms with Gasteiger partial charge in [-0.05, 0) is 36.3 Å². The first kappa shape index (κ1) is 22.3. The van der Waals surface area contributed by atoms with Crippen molar-refractivity contribution in [2.75, 3.05) is 26.0 Å². The van der Waals surface area contributed by atoms with Crippen LogP contribution in [0.4, 0.5) is 5.69 Å². The molecule has 0 aliphatic carbocycles. The van der Waals surface area contributed by atoms with Crippen molar-refractivity contribution < 1.29 is 14.4 Å². The fourth-order valence-electron chi connectivity index (χ4n) is 4.49. The van der Waals surface area contributed by atoms with E-state index < -0.39 is 5.92 Å². The minimum absolute atomic E-state index is 0.0405. The second kappa shape index (κ2) is 8.94. The first-order valence-electron chi connectivity index (χ1n) is 10.9. The zero-order valence-electron chi connectivity index (χ0n) is 19.2. The van der Waals surface area contributed by atoms with Gasteiger partial charge in [0.05, 0.1) is 18.0 Å². The fourth-order valence-corrected chi connectivity index (χ4v) is 4.49. The lowest BCUT2D eigenvalue weighted by molar-refractivity contribution is -0.132. The maximum absolute atomic E-state index is 13.1. The molecule has 1 unspecified atom stereocenters. The molecule has 1 aliphatic rings. The van der Waals surface area contributed by atoms with Crippen molar-refractivity contribution in [2.24, 2.45) is 0 Å². The number of nitrogens with one attached hydrogen (secondary N) is 1. The Labute approximate surface area is 193 Å². The van der Waals surface area contributed by atoms with Gasteiger partial charge in [-0.3, -0.25) is 14.4 Å². The summed E-state index contributed by atoms with van der Waals surface area (Å²) in [5.41, 5.74) is 5.74. The van der Waals surface area contributed by atoms with E-state index in [-0.39, 0.29) is 11.8 Å². The summed E-state index contributed by atoms with van der Waals surface area (Å²) in [4.78, 5) is 40.0. The summed E-state index contributed by atoms with van der Waals surface area (Å²) in [6, 6.07) is 14.0. The molecule has 7 nitrogen and oxygen atoms in total. The van der Waals surface area contributed by atoms with E-state index in [0.29, 0.717) is 25.3 Å². The predicted molar refractivity (Wildman–Crippen MR) is 129 cm³/mol. The van der Waals surface area contributed by atoms with E-state index in [4.69, 9.17) is 0 Å². The van der Waals surface area contributed by atoms with Gasteiger partial charge in [-0.1, -0.05) is 42.5 Å². The quantitative estimate of drug-likeness (QED) is 0.468. The van der Waals surface area contributed by atoms with Crippen LogP contribution in [0.15, 0.2) is 55.1 Å². The summed E-state index contributed by atoms with van der Waals surface area (Å²) in [5.74, 6) is -0.783. The van der Waals surface area contributed by atoms with E-state index in [1.807, 2.05) is 25.1 Å². The smallest absolute Gasteiger partial charge is 0.247 e. The SMILES string of the molecule is C=CC(=O)Nc1ccc2c3c(n(Cc4ccc(C)cc4)c2c1)CN(C=O)CC3C(=O)N(C)C. The van der Waals surface area contributed by atoms with Crippen molar-refractivity contribution in [3.8, 4) is 0 Å². The molecule has 170 valence electrons. The van der Waals surface area contributed by atoms with Crippen molar-refractivity contribution in [3.05, 3.63) is 77.5 Å². The van der Waals surface area contributed by atoms with Crippen LogP contribution in [-0.4, -0.2) is 53.2 Å². The lowest BCUT2D eigenvalue weighted by atomic mass is 9.90. The largest absolute Gasteiger partial charge is 0.348 e. The van der Waals surface area contributed by atoms with Crippen molar-refractivity contribution in [1.29, 1.82) is 0 Å². The summed E-state index contributed by atoms with van der Waals surface area (Å²) in [5, 5.41) is 3.78. The molecule has 3 aromatic rings. The van der Waals surface area contributed by atoms with Gasteiger partial charge in [-0.15, -0.1) is 0 Å². The highest BCUT2D eigenvalue weighted by Crippen LogP contribution is 2.39. The molecule has 0 spiro atoms. The van der Waals surface area contributed by atoms with E-state index in [1.165, 1.54) is 11.6 Å². The number of fused-ring (bicyclic) bond motifs is 3. The van der Waals surface area contributed by atoms with Gasteiger partial charge in [-0.2, -0.15) is 0 Å². The summed E-state index contributed by atoms with van der Waals surface area (Å²) in [6.07, 6.45) is 2.04. The molecular weight excluding hydrogens is 416 g/mol. The Morgan fingerprint density at radius 3 is 2.55 bits per heavy atom. The van der Waals surface area contributed by atoms with Crippen LogP contribution >= 0.6 is 0 Å². The Morgan fingerprint density at radius 1 is 1.18 bits per heavy atom. The van der Waals surface area contributed by atoms with Crippen molar-refractivity contribution >= 4 is 34.8 Å². The molecule has 3 amide bonds. The third-order valence-electron chi connectivity index (χ3n) is 6.14. The Balaban J connectivity index is 1.93. The number of hydrogen-bond acceptors (Lipinski definition) is 3. The molecule has 7 heteroatoms. The molecule has 1 aliphatic heterocycles. The summed E-state index contributed by atoms with van der Waals surface area (Å²) in [7, 11) is 3.46. The van der Waals surface area contributed by atoms with Gasteiger partial charge in [0, 0.05) is 44.0 Å². The number of aromatic nitrogens is 1. The Bertz CT molecular complexity index is 1240. The highest BCUT2D eigenvalue weighted by Gasteiger charge is 2.35. The van der Waals surface area contributed by atoms with E-state index in [2.05, 4.69) is 40.7 Å². The van der Waals surface area contributed by atoms with Gasteiger partial charge in [0.2, 0.25) is 18.2 Å². The molecule has 0 saturated carbocycles. The second-order valence-electron chi connectivity index (χ2n) is 8.68. The van der Waals surface area contributed by atoms with Crippen LogP contribution in [-0.2, 0) is 27.5 Å². The first-order valence-corrected chi connectivity index (χ1v) is 10.9. The van der Waals surface area contributed by atoms with Gasteiger partial charge in [0.1, 0.15) is 0 Å². The molecule has 2 aromatic carbocycles. The molecule has 33 heavy (non-hydrogen) atoms. The number of hydrogen-bond donors (Lipinski definition) is 1. The lowest BCUT2D eigenvalue weighted by Crippen LogP contribution is -2.40. The zero-order valence-corrected chi connectivity index (χ0v) is 19.2. The fraction of sp³-hybridized carbons (Fsp3) is 0.269. The standard InChI is InChI=1S/C26H28N4O3/c1-5-24(32)27-19-10-11-20-22(12-19)30(13-18-8-6-17(2)7-9-18)23-15-29(16-31)14-21(25(20)23)26(33)28(3)4/h5-12,16,21H,1,13-15H2,2-4H3,(H,27,32). The third kappa shape index (κ3) is 4.26. The minimum Gasteiger partial charge on any atom is -0.348 e. The van der Waals surface area contributed by atoms with Crippen LogP contribution < -0.4 is 5.32 Å². The topological polar surface area (TPSA) is 74.6 Å². The highest BCUT2D eigenvalue weighted by atomic mass is 16.2. The zero-order chi connectivity index (χ0) is 23.7. The van der Waals surface area contributed by atoms with E-state index >= 15 is 0 Å². The van der Waals surface area contributed by atoms with Crippen molar-refractivity contribution in [3.63, 3.8) is 0 Å². The van der Waals surface area contributed by atoms with Gasteiger partial charge < -0.3 is 19.7 Å². The summed E-state index contributed by atoms with van der Waals surface area (Å²) in [6.45, 7) is 6.91. The molecule has 0 saturated heterocycles. The molecule has 4 rings (SSSR count). The number of likely N-dealkylation sites (N-methyl/N-ethyl adjacent to an activating group) is 1. The van der Waals surface area contributed by atoms with Crippen LogP contribution in [0.3, 0.4) is 0 Å². The predicted octanol–water partition coefficient (Wildman–Crippen LogP) is 3.27. The number of nitrogens with zero attached hydrogens (tertiary/aromatic N) is 3. The maximum atomic E-state index is 13.1. The number of benzene rings is 2. The number of carbonyl (C=O) groups excluding carboxylic acids is 3.